The third kappa shape index (κ3) is 5.23. The lowest BCUT2D eigenvalue weighted by Gasteiger charge is -2.08. The van der Waals surface area contributed by atoms with Gasteiger partial charge in [-0.05, 0) is 66.1 Å². The lowest BCUT2D eigenvalue weighted by molar-refractivity contribution is 0.0696. The monoisotopic (exact) mass is 567 g/mol. The summed E-state index contributed by atoms with van der Waals surface area (Å²) in [7, 11) is 0. The van der Waals surface area contributed by atoms with Crippen LogP contribution in [0.3, 0.4) is 0 Å². The molecule has 0 saturated heterocycles. The van der Waals surface area contributed by atoms with Crippen molar-refractivity contribution in [3.05, 3.63) is 102 Å². The molecule has 10 nitrogen and oxygen atoms in total. The largest absolute Gasteiger partial charge is 0.494 e. The Hall–Kier alpha value is -4.26. The van der Waals surface area contributed by atoms with E-state index in [9.17, 15) is 19.5 Å². The van der Waals surface area contributed by atoms with Crippen molar-refractivity contribution in [3.8, 4) is 17.1 Å². The molecule has 38 heavy (non-hydrogen) atoms. The van der Waals surface area contributed by atoms with Gasteiger partial charge in [0.15, 0.2) is 5.88 Å². The molecule has 0 radical (unpaired) electrons. The molecule has 4 heterocycles. The number of aromatic nitrogens is 4. The number of aromatic hydroxyl groups is 1. The highest BCUT2D eigenvalue weighted by Gasteiger charge is 2.21. The van der Waals surface area contributed by atoms with Crippen molar-refractivity contribution in [2.45, 2.75) is 13.1 Å². The van der Waals surface area contributed by atoms with Gasteiger partial charge in [0.2, 0.25) is 0 Å². The van der Waals surface area contributed by atoms with Crippen molar-refractivity contribution in [1.29, 1.82) is 0 Å². The van der Waals surface area contributed by atoms with Crippen LogP contribution in [-0.2, 0) is 13.1 Å². The molecular formula is C25H18ClN5O5S2. The zero-order valence-electron chi connectivity index (χ0n) is 19.4. The smallest absolute Gasteiger partial charge is 0.335 e. The van der Waals surface area contributed by atoms with Crippen molar-refractivity contribution in [3.63, 3.8) is 0 Å². The van der Waals surface area contributed by atoms with E-state index in [1.165, 1.54) is 63.8 Å². The summed E-state index contributed by atoms with van der Waals surface area (Å²) in [6, 6.07) is 15.2. The normalized spacial score (nSPS) is 11.0. The van der Waals surface area contributed by atoms with Gasteiger partial charge in [-0.15, -0.1) is 11.3 Å². The minimum absolute atomic E-state index is 0.0420. The quantitative estimate of drug-likeness (QED) is 0.246. The van der Waals surface area contributed by atoms with Crippen molar-refractivity contribution >= 4 is 52.2 Å². The summed E-state index contributed by atoms with van der Waals surface area (Å²) >= 11 is 8.65. The predicted octanol–water partition coefficient (Wildman–Crippen LogP) is 4.64. The molecule has 0 bridgehead atoms. The number of hydrogen-bond acceptors (Lipinski definition) is 9. The zero-order chi connectivity index (χ0) is 26.8. The molecule has 0 aliphatic heterocycles. The molecule has 0 saturated carbocycles. The molecule has 0 amide bonds. The molecule has 5 rings (SSSR count). The molecule has 0 spiro atoms. The van der Waals surface area contributed by atoms with Crippen LogP contribution < -0.4 is 10.9 Å². The summed E-state index contributed by atoms with van der Waals surface area (Å²) in [4.78, 5) is 38.8. The Morgan fingerprint density at radius 2 is 1.79 bits per heavy atom. The number of hydrogen-bond donors (Lipinski definition) is 3. The Morgan fingerprint density at radius 1 is 1.03 bits per heavy atom. The average Bonchev–Trinajstić information content (AvgIpc) is 3.66. The van der Waals surface area contributed by atoms with Crippen LogP contribution in [0.2, 0.25) is 4.34 Å². The topological polar surface area (TPSA) is 139 Å². The van der Waals surface area contributed by atoms with E-state index in [0.29, 0.717) is 22.4 Å². The minimum Gasteiger partial charge on any atom is -0.494 e. The molecule has 5 aromatic rings. The number of carbonyl (C=O) groups excluding carboxylic acids is 1. The number of nitrogens with one attached hydrogen (secondary N) is 1. The van der Waals surface area contributed by atoms with Gasteiger partial charge in [-0.1, -0.05) is 11.6 Å². The second kappa shape index (κ2) is 10.6. The molecule has 0 unspecified atom stereocenters. The number of aromatic carboxylic acids is 1. The third-order valence-electron chi connectivity index (χ3n) is 5.59. The maximum absolute atomic E-state index is 13.4. The van der Waals surface area contributed by atoms with Crippen LogP contribution in [0.4, 0.5) is 5.82 Å². The molecule has 3 N–H and O–H groups in total. The number of anilines is 1. The summed E-state index contributed by atoms with van der Waals surface area (Å²) in [5.74, 6) is -1.55. The SMILES string of the molecule is O=C(O)c1ccc(C(=O)n2nc(-c3ccc(O)n(Cc4ccsn4)c3=O)cc2NCc2ccc(Cl)s2)cc1. The maximum atomic E-state index is 13.4. The van der Waals surface area contributed by atoms with E-state index in [0.717, 1.165) is 9.56 Å². The van der Waals surface area contributed by atoms with E-state index < -0.39 is 17.4 Å². The maximum Gasteiger partial charge on any atom is 0.335 e. The first-order valence-electron chi connectivity index (χ1n) is 11.1. The summed E-state index contributed by atoms with van der Waals surface area (Å²) in [5.41, 5.74) is 0.751. The Balaban J connectivity index is 1.54. The van der Waals surface area contributed by atoms with E-state index >= 15 is 0 Å². The predicted molar refractivity (Wildman–Crippen MR) is 145 cm³/mol. The average molecular weight is 568 g/mol. The zero-order valence-corrected chi connectivity index (χ0v) is 21.8. The van der Waals surface area contributed by atoms with Crippen LogP contribution >= 0.6 is 34.5 Å². The van der Waals surface area contributed by atoms with Crippen LogP contribution in [0.25, 0.3) is 11.3 Å². The lowest BCUT2D eigenvalue weighted by Crippen LogP contribution is -2.22. The molecule has 0 fully saturated rings. The van der Waals surface area contributed by atoms with Crippen molar-refractivity contribution < 1.29 is 19.8 Å². The molecule has 0 aliphatic carbocycles. The van der Waals surface area contributed by atoms with Crippen LogP contribution in [0.5, 0.6) is 5.88 Å². The number of carbonyl (C=O) groups is 2. The fraction of sp³-hybridized carbons (Fsp3) is 0.0800. The van der Waals surface area contributed by atoms with E-state index in [1.807, 2.05) is 6.07 Å². The number of halogens is 1. The molecular weight excluding hydrogens is 550 g/mol. The van der Waals surface area contributed by atoms with Gasteiger partial charge in [-0.3, -0.25) is 14.2 Å². The summed E-state index contributed by atoms with van der Waals surface area (Å²) in [6.07, 6.45) is 0. The Labute approximate surface area is 228 Å². The number of thiophene rings is 1. The summed E-state index contributed by atoms with van der Waals surface area (Å²) < 4.78 is 7.11. The molecule has 192 valence electrons. The summed E-state index contributed by atoms with van der Waals surface area (Å²) in [5, 5.41) is 28.8. The molecule has 1 aromatic carbocycles. The number of pyridine rings is 1. The van der Waals surface area contributed by atoms with Gasteiger partial charge in [-0.25, -0.2) is 4.79 Å². The van der Waals surface area contributed by atoms with Gasteiger partial charge in [0.05, 0.1) is 34.2 Å². The molecule has 0 aliphatic rings. The van der Waals surface area contributed by atoms with Gasteiger partial charge >= 0.3 is 5.97 Å². The molecule has 0 atom stereocenters. The van der Waals surface area contributed by atoms with Gasteiger partial charge in [0.1, 0.15) is 11.5 Å². The molecule has 4 aromatic heterocycles. The Morgan fingerprint density at radius 3 is 2.45 bits per heavy atom. The van der Waals surface area contributed by atoms with Gasteiger partial charge in [0.25, 0.3) is 11.5 Å². The highest BCUT2D eigenvalue weighted by atomic mass is 35.5. The molecule has 13 heteroatoms. The summed E-state index contributed by atoms with van der Waals surface area (Å²) in [6.45, 7) is 0.416. The number of rotatable bonds is 8. The fourth-order valence-electron chi connectivity index (χ4n) is 3.69. The lowest BCUT2D eigenvalue weighted by atomic mass is 10.1. The highest BCUT2D eigenvalue weighted by Crippen LogP contribution is 2.26. The number of nitrogens with zero attached hydrogens (tertiary/aromatic N) is 4. The second-order valence-corrected chi connectivity index (χ2v) is 10.5. The van der Waals surface area contributed by atoms with Crippen molar-refractivity contribution in [2.24, 2.45) is 0 Å². The second-order valence-electron chi connectivity index (χ2n) is 8.06. The van der Waals surface area contributed by atoms with E-state index in [1.54, 1.807) is 23.6 Å². The first-order chi connectivity index (χ1) is 18.3. The first-order valence-corrected chi connectivity index (χ1v) is 13.1. The minimum atomic E-state index is -1.11. The van der Waals surface area contributed by atoms with Gasteiger partial charge in [0, 0.05) is 21.9 Å². The van der Waals surface area contributed by atoms with E-state index in [-0.39, 0.29) is 34.8 Å². The van der Waals surface area contributed by atoms with Crippen LogP contribution in [0, 0.1) is 0 Å². The number of carboxylic acid groups (broad SMARTS) is 1. The van der Waals surface area contributed by atoms with E-state index in [4.69, 9.17) is 16.7 Å². The fourth-order valence-corrected chi connectivity index (χ4v) is 5.25. The third-order valence-corrected chi connectivity index (χ3v) is 7.42. The van der Waals surface area contributed by atoms with Crippen LogP contribution in [-0.4, -0.2) is 40.8 Å². The van der Waals surface area contributed by atoms with Crippen LogP contribution in [0.1, 0.15) is 31.3 Å². The standard InChI is InChI=1S/C25H18ClN5O5S2/c26-20-7-5-17(38-20)12-27-21-11-19(28-31(21)23(33)14-1-3-15(4-2-14)25(35)36)18-6-8-22(32)30(24(18)34)13-16-9-10-37-29-16/h1-11,27,32H,12-13H2,(H,35,36). The highest BCUT2D eigenvalue weighted by molar-refractivity contribution is 7.16. The van der Waals surface area contributed by atoms with Crippen molar-refractivity contribution in [2.75, 3.05) is 5.32 Å². The Kier molecular flexibility index (Phi) is 7.09. The van der Waals surface area contributed by atoms with Crippen molar-refractivity contribution in [1.82, 2.24) is 18.7 Å². The first kappa shape index (κ1) is 25.4. The van der Waals surface area contributed by atoms with E-state index in [2.05, 4.69) is 14.8 Å². The number of benzene rings is 1. The Bertz CT molecular complexity index is 1690. The van der Waals surface area contributed by atoms with Gasteiger partial charge < -0.3 is 15.5 Å². The number of carboxylic acids is 1. The van der Waals surface area contributed by atoms with Crippen LogP contribution in [0.15, 0.2) is 70.8 Å². The van der Waals surface area contributed by atoms with Gasteiger partial charge in [-0.2, -0.15) is 14.2 Å².